The molecule has 102 valence electrons. The molecular weight excluding hydrogens is 240 g/mol. The quantitative estimate of drug-likeness (QED) is 0.892. The van der Waals surface area contributed by atoms with Gasteiger partial charge in [-0.3, -0.25) is 0 Å². The summed E-state index contributed by atoms with van der Waals surface area (Å²) in [5.41, 5.74) is 1.23. The average Bonchev–Trinajstić information content (AvgIpc) is 2.89. The third kappa shape index (κ3) is 2.45. The second kappa shape index (κ2) is 3.97. The van der Waals surface area contributed by atoms with E-state index in [9.17, 15) is 5.11 Å². The first-order chi connectivity index (χ1) is 8.87. The number of fused-ring (bicyclic) bond motifs is 1. The molecule has 19 heavy (non-hydrogen) atoms. The highest BCUT2D eigenvalue weighted by atomic mass is 16.5. The predicted molar refractivity (Wildman–Crippen MR) is 74.5 cm³/mol. The number of pyridine rings is 1. The van der Waals surface area contributed by atoms with Crippen molar-refractivity contribution in [2.45, 2.75) is 44.6 Å². The van der Waals surface area contributed by atoms with Gasteiger partial charge in [0.05, 0.1) is 5.60 Å². The molecule has 0 radical (unpaired) electrons. The van der Waals surface area contributed by atoms with Gasteiger partial charge in [0.15, 0.2) is 0 Å². The van der Waals surface area contributed by atoms with Crippen LogP contribution in [-0.2, 0) is 5.41 Å². The number of rotatable bonds is 3. The van der Waals surface area contributed by atoms with E-state index in [2.05, 4.69) is 36.8 Å². The topological polar surface area (TPSA) is 58.1 Å². The molecule has 0 bridgehead atoms. The Morgan fingerprint density at radius 1 is 1.42 bits per heavy atom. The summed E-state index contributed by atoms with van der Waals surface area (Å²) in [5.74, 6) is 0.628. The Morgan fingerprint density at radius 3 is 2.79 bits per heavy atom. The van der Waals surface area contributed by atoms with E-state index in [1.807, 2.05) is 12.3 Å². The van der Waals surface area contributed by atoms with Crippen molar-refractivity contribution in [3.63, 3.8) is 0 Å². The van der Waals surface area contributed by atoms with Gasteiger partial charge in [0.2, 0.25) is 5.88 Å². The van der Waals surface area contributed by atoms with Crippen LogP contribution in [-0.4, -0.2) is 27.3 Å². The molecule has 0 unspecified atom stereocenters. The molecule has 0 saturated heterocycles. The van der Waals surface area contributed by atoms with Crippen LogP contribution in [0.15, 0.2) is 18.3 Å². The van der Waals surface area contributed by atoms with Crippen molar-refractivity contribution in [3.8, 4) is 5.88 Å². The monoisotopic (exact) mass is 260 g/mol. The maximum Gasteiger partial charge on any atom is 0.219 e. The number of hydrogen-bond acceptors (Lipinski definition) is 3. The third-order valence-electron chi connectivity index (χ3n) is 3.61. The Hall–Kier alpha value is -1.55. The lowest BCUT2D eigenvalue weighted by atomic mass is 9.87. The number of nitrogens with one attached hydrogen (secondary N) is 1. The van der Waals surface area contributed by atoms with Gasteiger partial charge in [-0.15, -0.1) is 0 Å². The lowest BCUT2D eigenvalue weighted by Crippen LogP contribution is -2.21. The molecule has 0 aromatic carbocycles. The van der Waals surface area contributed by atoms with Crippen molar-refractivity contribution in [2.24, 2.45) is 0 Å². The molecule has 1 aliphatic carbocycles. The van der Waals surface area contributed by atoms with Crippen molar-refractivity contribution < 1.29 is 9.84 Å². The number of hydrogen-bond donors (Lipinski definition) is 2. The summed E-state index contributed by atoms with van der Waals surface area (Å²) in [4.78, 5) is 7.64. The van der Waals surface area contributed by atoms with Gasteiger partial charge in [0.1, 0.15) is 12.3 Å². The molecule has 4 nitrogen and oxygen atoms in total. The summed E-state index contributed by atoms with van der Waals surface area (Å²) in [5, 5.41) is 11.0. The molecule has 4 heteroatoms. The number of aliphatic hydroxyl groups is 1. The van der Waals surface area contributed by atoms with E-state index in [0.717, 1.165) is 29.4 Å². The maximum absolute atomic E-state index is 9.90. The molecule has 2 heterocycles. The van der Waals surface area contributed by atoms with Crippen molar-refractivity contribution >= 4 is 11.0 Å². The van der Waals surface area contributed by atoms with Crippen LogP contribution >= 0.6 is 0 Å². The Labute approximate surface area is 112 Å². The number of H-pyrrole nitrogens is 1. The van der Waals surface area contributed by atoms with Gasteiger partial charge in [-0.05, 0) is 30.4 Å². The van der Waals surface area contributed by atoms with Gasteiger partial charge in [-0.2, -0.15) is 4.98 Å². The fraction of sp³-hybridized carbons (Fsp3) is 0.533. The summed E-state index contributed by atoms with van der Waals surface area (Å²) >= 11 is 0. The molecular formula is C15H20N2O2. The van der Waals surface area contributed by atoms with E-state index in [1.54, 1.807) is 0 Å². The first-order valence-electron chi connectivity index (χ1n) is 6.71. The van der Waals surface area contributed by atoms with Gasteiger partial charge in [0.25, 0.3) is 0 Å². The predicted octanol–water partition coefficient (Wildman–Crippen LogP) is 2.76. The van der Waals surface area contributed by atoms with Crippen molar-refractivity contribution in [2.75, 3.05) is 6.61 Å². The minimum atomic E-state index is -0.623. The number of aromatic nitrogens is 2. The largest absolute Gasteiger partial charge is 0.474 e. The highest BCUT2D eigenvalue weighted by molar-refractivity contribution is 5.77. The highest BCUT2D eigenvalue weighted by Gasteiger charge is 2.41. The summed E-state index contributed by atoms with van der Waals surface area (Å²) in [6, 6.07) is 4.13. The second-order valence-electron chi connectivity index (χ2n) is 6.52. The third-order valence-corrected chi connectivity index (χ3v) is 3.61. The van der Waals surface area contributed by atoms with Crippen LogP contribution in [0.2, 0.25) is 0 Å². The van der Waals surface area contributed by atoms with E-state index < -0.39 is 5.60 Å². The first kappa shape index (κ1) is 12.5. The van der Waals surface area contributed by atoms with Crippen LogP contribution in [0, 0.1) is 0 Å². The zero-order chi connectivity index (χ0) is 13.7. The SMILES string of the molecule is CC(C)(C)c1cc2cc[nH]c2nc1OCC1(O)CC1. The normalized spacial score (nSPS) is 17.7. The van der Waals surface area contributed by atoms with E-state index in [4.69, 9.17) is 4.74 Å². The Morgan fingerprint density at radius 2 is 2.16 bits per heavy atom. The molecule has 0 amide bonds. The standard InChI is InChI=1S/C15H20N2O2/c1-14(2,3)11-8-10-4-7-16-12(10)17-13(11)19-9-15(18)5-6-15/h4,7-8,18H,5-6,9H2,1-3H3,(H,16,17). The zero-order valence-corrected chi connectivity index (χ0v) is 11.7. The molecule has 1 fully saturated rings. The lowest BCUT2D eigenvalue weighted by molar-refractivity contribution is 0.0824. The molecule has 2 N–H and O–H groups in total. The molecule has 0 spiro atoms. The summed E-state index contributed by atoms with van der Waals surface area (Å²) in [6.07, 6.45) is 3.52. The summed E-state index contributed by atoms with van der Waals surface area (Å²) in [7, 11) is 0. The number of aromatic amines is 1. The molecule has 3 rings (SSSR count). The summed E-state index contributed by atoms with van der Waals surface area (Å²) < 4.78 is 5.79. The smallest absolute Gasteiger partial charge is 0.219 e. The maximum atomic E-state index is 9.90. The fourth-order valence-electron chi connectivity index (χ4n) is 2.10. The van der Waals surface area contributed by atoms with E-state index in [0.29, 0.717) is 12.5 Å². The van der Waals surface area contributed by atoms with Gasteiger partial charge in [-0.1, -0.05) is 20.8 Å². The highest BCUT2D eigenvalue weighted by Crippen LogP contribution is 2.37. The van der Waals surface area contributed by atoms with Crippen LogP contribution in [0.3, 0.4) is 0 Å². The van der Waals surface area contributed by atoms with Crippen LogP contribution in [0.5, 0.6) is 5.88 Å². The fourth-order valence-corrected chi connectivity index (χ4v) is 2.10. The minimum absolute atomic E-state index is 0.0417. The van der Waals surface area contributed by atoms with Crippen LogP contribution in [0.1, 0.15) is 39.2 Å². The zero-order valence-electron chi connectivity index (χ0n) is 11.7. The number of nitrogens with zero attached hydrogens (tertiary/aromatic N) is 1. The van der Waals surface area contributed by atoms with Crippen LogP contribution in [0.4, 0.5) is 0 Å². The van der Waals surface area contributed by atoms with Crippen molar-refractivity contribution in [1.29, 1.82) is 0 Å². The average molecular weight is 260 g/mol. The molecule has 1 saturated carbocycles. The van der Waals surface area contributed by atoms with E-state index >= 15 is 0 Å². The molecule has 0 atom stereocenters. The Bertz CT molecular complexity index is 606. The van der Waals surface area contributed by atoms with Gasteiger partial charge >= 0.3 is 0 Å². The van der Waals surface area contributed by atoms with Crippen LogP contribution in [0.25, 0.3) is 11.0 Å². The van der Waals surface area contributed by atoms with Crippen molar-refractivity contribution in [3.05, 3.63) is 23.9 Å². The number of ether oxygens (including phenoxy) is 1. The lowest BCUT2D eigenvalue weighted by Gasteiger charge is -2.22. The molecule has 2 aromatic rings. The van der Waals surface area contributed by atoms with Crippen molar-refractivity contribution in [1.82, 2.24) is 9.97 Å². The van der Waals surface area contributed by atoms with Gasteiger partial charge in [0, 0.05) is 17.1 Å². The van der Waals surface area contributed by atoms with Gasteiger partial charge in [-0.25, -0.2) is 0 Å². The molecule has 1 aliphatic rings. The Balaban J connectivity index is 1.98. The van der Waals surface area contributed by atoms with Gasteiger partial charge < -0.3 is 14.8 Å². The molecule has 2 aromatic heterocycles. The molecule has 0 aliphatic heterocycles. The van der Waals surface area contributed by atoms with Crippen LogP contribution < -0.4 is 4.74 Å². The van der Waals surface area contributed by atoms with E-state index in [1.165, 1.54) is 0 Å². The first-order valence-corrected chi connectivity index (χ1v) is 6.71. The Kier molecular flexibility index (Phi) is 2.61. The van der Waals surface area contributed by atoms with E-state index in [-0.39, 0.29) is 5.41 Å². The minimum Gasteiger partial charge on any atom is -0.474 e. The second-order valence-corrected chi connectivity index (χ2v) is 6.52. The summed E-state index contributed by atoms with van der Waals surface area (Å²) in [6.45, 7) is 6.75.